The first-order chi connectivity index (χ1) is 14.5. The van der Waals surface area contributed by atoms with Crippen LogP contribution in [0.1, 0.15) is 38.3 Å². The second kappa shape index (κ2) is 8.25. The van der Waals surface area contributed by atoms with E-state index in [1.807, 2.05) is 30.3 Å². The molecule has 0 spiro atoms. The molecule has 150 valence electrons. The summed E-state index contributed by atoms with van der Waals surface area (Å²) < 4.78 is 5.11. The summed E-state index contributed by atoms with van der Waals surface area (Å²) in [5.74, 6) is 0.622. The van der Waals surface area contributed by atoms with Crippen molar-refractivity contribution in [2.75, 3.05) is 12.4 Å². The first-order valence-electron chi connectivity index (χ1n) is 9.66. The molecule has 1 amide bonds. The average molecular weight is 399 g/mol. The largest absolute Gasteiger partial charge is 0.508 e. The summed E-state index contributed by atoms with van der Waals surface area (Å²) in [7, 11) is 1.58. The summed E-state index contributed by atoms with van der Waals surface area (Å²) in [5, 5.41) is 12.5. The van der Waals surface area contributed by atoms with Crippen molar-refractivity contribution < 1.29 is 19.4 Å². The molecule has 4 rings (SSSR count). The second-order valence-electron chi connectivity index (χ2n) is 7.15. The zero-order chi connectivity index (χ0) is 21.1. The molecular weight excluding hydrogens is 378 g/mol. The number of hydrogen-bond acceptors (Lipinski definition) is 4. The van der Waals surface area contributed by atoms with Gasteiger partial charge in [0.1, 0.15) is 11.5 Å². The smallest absolute Gasteiger partial charge is 0.255 e. The van der Waals surface area contributed by atoms with Gasteiger partial charge >= 0.3 is 0 Å². The predicted octanol–water partition coefficient (Wildman–Crippen LogP) is 4.87. The normalized spacial score (nSPS) is 14.3. The van der Waals surface area contributed by atoms with Crippen molar-refractivity contribution in [1.82, 2.24) is 0 Å². The number of aryl methyl sites for hydroxylation is 1. The lowest BCUT2D eigenvalue weighted by Crippen LogP contribution is -2.14. The van der Waals surface area contributed by atoms with Crippen LogP contribution in [0.3, 0.4) is 0 Å². The number of phenolic OH excluding ortho intramolecular Hbond substituents is 1. The summed E-state index contributed by atoms with van der Waals surface area (Å²) in [6, 6.07) is 19.1. The molecule has 0 heterocycles. The summed E-state index contributed by atoms with van der Waals surface area (Å²) >= 11 is 0. The Morgan fingerprint density at radius 3 is 2.60 bits per heavy atom. The van der Waals surface area contributed by atoms with Crippen molar-refractivity contribution in [1.29, 1.82) is 0 Å². The molecule has 0 unspecified atom stereocenters. The molecule has 3 aromatic rings. The van der Waals surface area contributed by atoms with Crippen LogP contribution in [0.25, 0.3) is 6.08 Å². The monoisotopic (exact) mass is 399 g/mol. The number of ketones is 1. The molecule has 1 aliphatic carbocycles. The first kappa shape index (κ1) is 19.5. The SMILES string of the molecule is COc1ccc(C(=O)Nc2cccc(C=C3CCc4cc(O)ccc4C3=O)c2)cc1. The number of fused-ring (bicyclic) bond motifs is 1. The van der Waals surface area contributed by atoms with Gasteiger partial charge in [-0.2, -0.15) is 0 Å². The van der Waals surface area contributed by atoms with E-state index in [4.69, 9.17) is 4.74 Å². The molecule has 0 atom stereocenters. The number of allylic oxidation sites excluding steroid dienone is 1. The van der Waals surface area contributed by atoms with Crippen molar-refractivity contribution in [2.24, 2.45) is 0 Å². The number of benzene rings is 3. The maximum Gasteiger partial charge on any atom is 0.255 e. The highest BCUT2D eigenvalue weighted by atomic mass is 16.5. The molecule has 0 radical (unpaired) electrons. The van der Waals surface area contributed by atoms with Crippen molar-refractivity contribution >= 4 is 23.5 Å². The Bertz CT molecular complexity index is 1150. The van der Waals surface area contributed by atoms with Gasteiger partial charge in [-0.05, 0) is 84.6 Å². The number of aromatic hydroxyl groups is 1. The third-order valence-corrected chi connectivity index (χ3v) is 5.13. The standard InChI is InChI=1S/C25H21NO4/c1-30-22-10-7-17(8-11-22)25(29)26-20-4-2-3-16(14-20)13-19-6-5-18-15-21(27)9-12-23(18)24(19)28/h2-4,7-15,27H,5-6H2,1H3,(H,26,29). The van der Waals surface area contributed by atoms with E-state index in [0.717, 1.165) is 11.1 Å². The van der Waals surface area contributed by atoms with Crippen LogP contribution in [0.15, 0.2) is 72.3 Å². The fourth-order valence-corrected chi connectivity index (χ4v) is 3.56. The first-order valence-corrected chi connectivity index (χ1v) is 9.66. The molecule has 0 saturated carbocycles. The lowest BCUT2D eigenvalue weighted by atomic mass is 9.86. The van der Waals surface area contributed by atoms with Gasteiger partial charge in [-0.15, -0.1) is 0 Å². The van der Waals surface area contributed by atoms with Crippen LogP contribution in [-0.4, -0.2) is 23.9 Å². The minimum Gasteiger partial charge on any atom is -0.508 e. The molecule has 0 bridgehead atoms. The van der Waals surface area contributed by atoms with E-state index >= 15 is 0 Å². The van der Waals surface area contributed by atoms with Crippen molar-refractivity contribution in [3.05, 3.63) is 94.6 Å². The number of amides is 1. The Labute approximate surface area is 174 Å². The maximum absolute atomic E-state index is 12.8. The fourth-order valence-electron chi connectivity index (χ4n) is 3.56. The van der Waals surface area contributed by atoms with E-state index in [2.05, 4.69) is 5.32 Å². The third-order valence-electron chi connectivity index (χ3n) is 5.13. The molecule has 5 nitrogen and oxygen atoms in total. The van der Waals surface area contributed by atoms with Crippen LogP contribution < -0.4 is 10.1 Å². The van der Waals surface area contributed by atoms with Gasteiger partial charge in [0.2, 0.25) is 0 Å². The molecule has 0 aliphatic heterocycles. The number of ether oxygens (including phenoxy) is 1. The van der Waals surface area contributed by atoms with Crippen molar-refractivity contribution in [2.45, 2.75) is 12.8 Å². The minimum absolute atomic E-state index is 0.0241. The Morgan fingerprint density at radius 2 is 1.83 bits per heavy atom. The van der Waals surface area contributed by atoms with Crippen LogP contribution in [0, 0.1) is 0 Å². The Morgan fingerprint density at radius 1 is 1.03 bits per heavy atom. The summed E-state index contributed by atoms with van der Waals surface area (Å²) in [6.07, 6.45) is 3.17. The number of rotatable bonds is 4. The number of hydrogen-bond donors (Lipinski definition) is 2. The highest BCUT2D eigenvalue weighted by Gasteiger charge is 2.22. The topological polar surface area (TPSA) is 75.6 Å². The van der Waals surface area contributed by atoms with Crippen molar-refractivity contribution in [3.8, 4) is 11.5 Å². The predicted molar refractivity (Wildman–Crippen MR) is 116 cm³/mol. The van der Waals surface area contributed by atoms with Crippen LogP contribution in [-0.2, 0) is 6.42 Å². The van der Waals surface area contributed by atoms with Gasteiger partial charge in [0, 0.05) is 22.4 Å². The van der Waals surface area contributed by atoms with Gasteiger partial charge in [-0.1, -0.05) is 12.1 Å². The third kappa shape index (κ3) is 4.10. The van der Waals surface area contributed by atoms with Gasteiger partial charge in [0.05, 0.1) is 7.11 Å². The number of carbonyl (C=O) groups excluding carboxylic acids is 2. The van der Waals surface area contributed by atoms with Gasteiger partial charge in [-0.3, -0.25) is 9.59 Å². The van der Waals surface area contributed by atoms with Gasteiger partial charge in [0.25, 0.3) is 5.91 Å². The van der Waals surface area contributed by atoms with E-state index in [1.165, 1.54) is 6.07 Å². The lowest BCUT2D eigenvalue weighted by molar-refractivity contribution is 0.101. The van der Waals surface area contributed by atoms with E-state index in [-0.39, 0.29) is 17.4 Å². The summed E-state index contributed by atoms with van der Waals surface area (Å²) in [4.78, 5) is 25.3. The zero-order valence-electron chi connectivity index (χ0n) is 16.5. The van der Waals surface area contributed by atoms with Crippen LogP contribution in [0.2, 0.25) is 0 Å². The number of phenols is 1. The summed E-state index contributed by atoms with van der Waals surface area (Å²) in [6.45, 7) is 0. The van der Waals surface area contributed by atoms with Gasteiger partial charge < -0.3 is 15.2 Å². The zero-order valence-corrected chi connectivity index (χ0v) is 16.5. The number of Topliss-reactive ketones (excluding diaryl/α,β-unsaturated/α-hetero) is 1. The molecule has 0 saturated heterocycles. The molecular formula is C25H21NO4. The number of nitrogens with one attached hydrogen (secondary N) is 1. The molecule has 0 aromatic heterocycles. The van der Waals surface area contributed by atoms with E-state index in [9.17, 15) is 14.7 Å². The second-order valence-corrected chi connectivity index (χ2v) is 7.15. The molecule has 3 aromatic carbocycles. The molecule has 2 N–H and O–H groups in total. The average Bonchev–Trinajstić information content (AvgIpc) is 2.76. The number of methoxy groups -OCH3 is 1. The quantitative estimate of drug-likeness (QED) is 0.614. The Hall–Kier alpha value is -3.86. The van der Waals surface area contributed by atoms with E-state index in [0.29, 0.717) is 41.0 Å². The van der Waals surface area contributed by atoms with Gasteiger partial charge in [-0.25, -0.2) is 0 Å². The van der Waals surface area contributed by atoms with E-state index < -0.39 is 0 Å². The van der Waals surface area contributed by atoms with Crippen LogP contribution >= 0.6 is 0 Å². The highest BCUT2D eigenvalue weighted by Crippen LogP contribution is 2.29. The molecule has 0 fully saturated rings. The summed E-state index contributed by atoms with van der Waals surface area (Å²) in [5.41, 5.74) is 4.24. The molecule has 5 heteroatoms. The molecule has 1 aliphatic rings. The Balaban J connectivity index is 1.52. The molecule has 30 heavy (non-hydrogen) atoms. The van der Waals surface area contributed by atoms with Crippen LogP contribution in [0.4, 0.5) is 5.69 Å². The van der Waals surface area contributed by atoms with Gasteiger partial charge in [0.15, 0.2) is 5.78 Å². The Kier molecular flexibility index (Phi) is 5.35. The van der Waals surface area contributed by atoms with Crippen molar-refractivity contribution in [3.63, 3.8) is 0 Å². The highest BCUT2D eigenvalue weighted by molar-refractivity contribution is 6.13. The number of anilines is 1. The number of carbonyl (C=O) groups is 2. The van der Waals surface area contributed by atoms with E-state index in [1.54, 1.807) is 43.5 Å². The lowest BCUT2D eigenvalue weighted by Gasteiger charge is -2.17. The van der Waals surface area contributed by atoms with Crippen LogP contribution in [0.5, 0.6) is 11.5 Å². The minimum atomic E-state index is -0.218. The fraction of sp³-hybridized carbons (Fsp3) is 0.120. The maximum atomic E-state index is 12.8.